The van der Waals surface area contributed by atoms with Gasteiger partial charge in [-0.2, -0.15) is 0 Å². The van der Waals surface area contributed by atoms with Gasteiger partial charge >= 0.3 is 5.69 Å². The van der Waals surface area contributed by atoms with E-state index in [9.17, 15) is 18.0 Å². The maximum Gasteiger partial charge on any atom is 0.330 e. The molecule has 1 saturated heterocycles. The predicted octanol–water partition coefficient (Wildman–Crippen LogP) is -1.50. The number of aromatic nitrogens is 2. The quantitative estimate of drug-likeness (QED) is 0.545. The molecule has 2 N–H and O–H groups in total. The van der Waals surface area contributed by atoms with Crippen LogP contribution in [0.5, 0.6) is 0 Å². The fourth-order valence-electron chi connectivity index (χ4n) is 2.48. The summed E-state index contributed by atoms with van der Waals surface area (Å²) in [4.78, 5) is 25.4. The molecule has 1 aliphatic heterocycles. The van der Waals surface area contributed by atoms with E-state index in [0.29, 0.717) is 6.42 Å². The fraction of sp³-hybridized carbons (Fsp3) is 0.692. The topological polar surface area (TPSA) is 105 Å². The van der Waals surface area contributed by atoms with E-state index in [1.165, 1.54) is 14.1 Å². The highest BCUT2D eigenvalue weighted by Gasteiger charge is 2.21. The summed E-state index contributed by atoms with van der Waals surface area (Å²) in [5.41, 5.74) is -1.38. The van der Waals surface area contributed by atoms with Crippen LogP contribution < -0.4 is 21.3 Å². The molecule has 0 aromatic carbocycles. The second-order valence-corrected chi connectivity index (χ2v) is 7.33. The zero-order chi connectivity index (χ0) is 17.0. The molecule has 0 radical (unpaired) electrons. The van der Waals surface area contributed by atoms with Gasteiger partial charge in [0, 0.05) is 53.0 Å². The van der Waals surface area contributed by atoms with E-state index in [4.69, 9.17) is 0 Å². The van der Waals surface area contributed by atoms with Crippen molar-refractivity contribution in [2.75, 3.05) is 39.3 Å². The maximum atomic E-state index is 12.3. The summed E-state index contributed by atoms with van der Waals surface area (Å²) in [7, 11) is -1.26. The smallest absolute Gasteiger partial charge is 0.314 e. The van der Waals surface area contributed by atoms with Crippen molar-refractivity contribution in [2.45, 2.75) is 11.3 Å². The molecule has 0 unspecified atom stereocenters. The molecule has 1 aromatic heterocycles. The first-order valence-corrected chi connectivity index (χ1v) is 9.00. The maximum absolute atomic E-state index is 12.3. The Morgan fingerprint density at radius 1 is 1.16 bits per heavy atom. The summed E-state index contributed by atoms with van der Waals surface area (Å²) < 4.78 is 28.8. The van der Waals surface area contributed by atoms with Crippen LogP contribution in [0, 0.1) is 0 Å². The van der Waals surface area contributed by atoms with E-state index in [2.05, 4.69) is 14.9 Å². The first kappa shape index (κ1) is 24.1. The molecule has 1 aromatic rings. The largest absolute Gasteiger partial charge is 0.330 e. The summed E-state index contributed by atoms with van der Waals surface area (Å²) >= 11 is 0. The van der Waals surface area contributed by atoms with Gasteiger partial charge in [-0.25, -0.2) is 17.9 Å². The molecule has 0 bridgehead atoms. The summed E-state index contributed by atoms with van der Waals surface area (Å²) in [5, 5.41) is 3.25. The van der Waals surface area contributed by atoms with E-state index in [0.717, 1.165) is 48.1 Å². The number of rotatable bonds is 6. The van der Waals surface area contributed by atoms with E-state index >= 15 is 0 Å². The molecule has 0 amide bonds. The van der Waals surface area contributed by atoms with Gasteiger partial charge in [0.15, 0.2) is 4.90 Å². The minimum Gasteiger partial charge on any atom is -0.314 e. The molecular weight excluding hydrogens is 393 g/mol. The summed E-state index contributed by atoms with van der Waals surface area (Å²) in [6, 6.07) is 0. The van der Waals surface area contributed by atoms with E-state index in [-0.39, 0.29) is 31.4 Å². The number of hydrogen-bond donors (Lipinski definition) is 2. The number of piperazine rings is 1. The van der Waals surface area contributed by atoms with E-state index in [1.54, 1.807) is 0 Å². The highest BCUT2D eigenvalue weighted by molar-refractivity contribution is 7.89. The molecule has 2 heterocycles. The Morgan fingerprint density at radius 3 is 2.36 bits per heavy atom. The minimum absolute atomic E-state index is 0. The fourth-order valence-corrected chi connectivity index (χ4v) is 3.71. The lowest BCUT2D eigenvalue weighted by Gasteiger charge is -2.27. The van der Waals surface area contributed by atoms with E-state index < -0.39 is 26.2 Å². The van der Waals surface area contributed by atoms with Crippen LogP contribution in [-0.4, -0.2) is 61.7 Å². The van der Waals surface area contributed by atoms with Crippen LogP contribution in [-0.2, 0) is 24.1 Å². The van der Waals surface area contributed by atoms with Crippen molar-refractivity contribution in [1.29, 1.82) is 0 Å². The molecule has 25 heavy (non-hydrogen) atoms. The van der Waals surface area contributed by atoms with Gasteiger partial charge in [-0.3, -0.25) is 9.36 Å². The van der Waals surface area contributed by atoms with Crippen molar-refractivity contribution < 1.29 is 8.42 Å². The third-order valence-corrected chi connectivity index (χ3v) is 5.30. The average Bonchev–Trinajstić information content (AvgIpc) is 2.54. The molecule has 12 heteroatoms. The van der Waals surface area contributed by atoms with Gasteiger partial charge in [-0.05, 0) is 13.0 Å². The van der Waals surface area contributed by atoms with Gasteiger partial charge in [-0.1, -0.05) is 0 Å². The van der Waals surface area contributed by atoms with Crippen LogP contribution in [0.25, 0.3) is 0 Å². The normalized spacial score (nSPS) is 15.3. The first-order chi connectivity index (χ1) is 10.8. The molecule has 0 aliphatic carbocycles. The van der Waals surface area contributed by atoms with Crippen molar-refractivity contribution >= 4 is 34.8 Å². The zero-order valence-electron chi connectivity index (χ0n) is 14.2. The van der Waals surface area contributed by atoms with Crippen molar-refractivity contribution in [3.8, 4) is 0 Å². The number of nitrogens with zero attached hydrogens (tertiary/aromatic N) is 3. The molecule has 0 spiro atoms. The zero-order valence-corrected chi connectivity index (χ0v) is 16.7. The van der Waals surface area contributed by atoms with Crippen molar-refractivity contribution in [3.05, 3.63) is 27.0 Å². The Morgan fingerprint density at radius 2 is 1.76 bits per heavy atom. The monoisotopic (exact) mass is 417 g/mol. The molecule has 9 nitrogen and oxygen atoms in total. The van der Waals surface area contributed by atoms with Gasteiger partial charge in [0.2, 0.25) is 10.0 Å². The third kappa shape index (κ3) is 6.08. The Kier molecular flexibility index (Phi) is 9.92. The predicted molar refractivity (Wildman–Crippen MR) is 101 cm³/mol. The highest BCUT2D eigenvalue weighted by Crippen LogP contribution is 2.00. The van der Waals surface area contributed by atoms with Gasteiger partial charge in [-0.15, -0.1) is 24.8 Å². The van der Waals surface area contributed by atoms with Crippen LogP contribution in [0.2, 0.25) is 0 Å². The molecule has 0 saturated carbocycles. The van der Waals surface area contributed by atoms with Gasteiger partial charge < -0.3 is 14.8 Å². The summed E-state index contributed by atoms with van der Waals surface area (Å²) in [6.07, 6.45) is 1.72. The average molecular weight is 418 g/mol. The minimum atomic E-state index is -3.93. The number of aryl methyl sites for hydroxylation is 1. The first-order valence-electron chi connectivity index (χ1n) is 7.52. The van der Waals surface area contributed by atoms with Crippen LogP contribution in [0.3, 0.4) is 0 Å². The Bertz CT molecular complexity index is 772. The standard InChI is InChI=1S/C13H23N5O4S.2ClH/c1-16-10-11(12(19)17(2)13(16)20)23(21,22)15-4-3-7-18-8-5-14-6-9-18;;/h10,14-15H,3-9H2,1-2H3;2*1H. The highest BCUT2D eigenvalue weighted by atomic mass is 35.5. The van der Waals surface area contributed by atoms with Crippen LogP contribution in [0.1, 0.15) is 6.42 Å². The lowest BCUT2D eigenvalue weighted by atomic mass is 10.3. The Hall–Kier alpha value is -0.910. The lowest BCUT2D eigenvalue weighted by molar-refractivity contribution is 0.239. The number of sulfonamides is 1. The number of halogens is 2. The van der Waals surface area contributed by atoms with Crippen molar-refractivity contribution in [2.24, 2.45) is 14.1 Å². The molecule has 2 rings (SSSR count). The lowest BCUT2D eigenvalue weighted by Crippen LogP contribution is -2.44. The molecule has 0 atom stereocenters. The Labute approximate surface area is 159 Å². The van der Waals surface area contributed by atoms with Gasteiger partial charge in [0.05, 0.1) is 0 Å². The Balaban J connectivity index is 0.00000288. The van der Waals surface area contributed by atoms with Crippen LogP contribution >= 0.6 is 24.8 Å². The number of hydrogen-bond acceptors (Lipinski definition) is 6. The van der Waals surface area contributed by atoms with Gasteiger partial charge in [0.25, 0.3) is 5.56 Å². The van der Waals surface area contributed by atoms with Crippen LogP contribution in [0.4, 0.5) is 0 Å². The van der Waals surface area contributed by atoms with Crippen molar-refractivity contribution in [3.63, 3.8) is 0 Å². The molecule has 146 valence electrons. The van der Waals surface area contributed by atoms with Gasteiger partial charge in [0.1, 0.15) is 0 Å². The molecule has 1 aliphatic rings. The van der Waals surface area contributed by atoms with Crippen LogP contribution in [0.15, 0.2) is 20.7 Å². The second-order valence-electron chi connectivity index (χ2n) is 5.59. The van der Waals surface area contributed by atoms with Crippen molar-refractivity contribution in [1.82, 2.24) is 24.1 Å². The third-order valence-electron chi connectivity index (χ3n) is 3.86. The summed E-state index contributed by atoms with van der Waals surface area (Å²) in [5.74, 6) is 0. The SMILES string of the molecule is Cl.Cl.Cn1cc(S(=O)(=O)NCCCN2CCNCC2)c(=O)n(C)c1=O. The number of nitrogens with one attached hydrogen (secondary N) is 2. The summed E-state index contributed by atoms with van der Waals surface area (Å²) in [6.45, 7) is 4.84. The molecule has 1 fully saturated rings. The second kappa shape index (κ2) is 10.3. The van der Waals surface area contributed by atoms with E-state index in [1.807, 2.05) is 0 Å². The molecular formula is C13H25Cl2N5O4S.